The molecule has 0 aliphatic carbocycles. The molecule has 0 radical (unpaired) electrons. The molecule has 1 aliphatic rings. The Morgan fingerprint density at radius 1 is 1.48 bits per heavy atom. The molecule has 0 bridgehead atoms. The van der Waals surface area contributed by atoms with E-state index in [4.69, 9.17) is 11.6 Å². The van der Waals surface area contributed by atoms with Crippen LogP contribution in [0, 0.1) is 0 Å². The minimum absolute atomic E-state index is 0.131. The Kier molecular flexibility index (Phi) is 4.77. The maximum Gasteiger partial charge on any atom is 0.344 e. The Bertz CT molecular complexity index is 882. The van der Waals surface area contributed by atoms with Gasteiger partial charge < -0.3 is 0 Å². The largest absolute Gasteiger partial charge is 0.344 e. The molecule has 128 valence electrons. The number of urea groups is 1. The molecule has 1 aliphatic heterocycles. The lowest BCUT2D eigenvalue weighted by molar-refractivity contribution is -0.118. The van der Waals surface area contributed by atoms with Crippen LogP contribution in [0.4, 0.5) is 15.6 Å². The van der Waals surface area contributed by atoms with Crippen LogP contribution in [0.15, 0.2) is 34.7 Å². The Balaban J connectivity index is 1.82. The maximum atomic E-state index is 12.0. The van der Waals surface area contributed by atoms with Gasteiger partial charge in [0.05, 0.1) is 17.6 Å². The topological polar surface area (TPSA) is 95.0 Å². The van der Waals surface area contributed by atoms with Crippen molar-refractivity contribution in [2.75, 3.05) is 11.4 Å². The lowest BCUT2D eigenvalue weighted by Gasteiger charge is -2.18. The SMILES string of the molecule is CC(=O)N(c1cccc(Cl)c1)c1nc(/C=N\N2CC(=O)NC2=O)cs1. The van der Waals surface area contributed by atoms with Gasteiger partial charge in [-0.3, -0.25) is 19.8 Å². The number of halogens is 1. The van der Waals surface area contributed by atoms with E-state index in [9.17, 15) is 14.4 Å². The summed E-state index contributed by atoms with van der Waals surface area (Å²) in [5, 5.41) is 9.68. The first-order chi connectivity index (χ1) is 11.9. The normalized spacial score (nSPS) is 14.2. The van der Waals surface area contributed by atoms with E-state index in [0.29, 0.717) is 21.5 Å². The molecule has 1 aromatic heterocycles. The number of hydrogen-bond acceptors (Lipinski definition) is 6. The zero-order valence-corrected chi connectivity index (χ0v) is 14.5. The summed E-state index contributed by atoms with van der Waals surface area (Å²) in [4.78, 5) is 40.3. The Morgan fingerprint density at radius 2 is 2.28 bits per heavy atom. The molecule has 10 heteroatoms. The van der Waals surface area contributed by atoms with Gasteiger partial charge in [-0.25, -0.2) is 14.8 Å². The van der Waals surface area contributed by atoms with Gasteiger partial charge in [0.2, 0.25) is 11.8 Å². The second-order valence-electron chi connectivity index (χ2n) is 5.04. The molecule has 4 amide bonds. The van der Waals surface area contributed by atoms with Crippen LogP contribution >= 0.6 is 22.9 Å². The molecule has 0 atom stereocenters. The molecule has 25 heavy (non-hydrogen) atoms. The van der Waals surface area contributed by atoms with Crippen molar-refractivity contribution in [3.05, 3.63) is 40.4 Å². The van der Waals surface area contributed by atoms with E-state index in [2.05, 4.69) is 15.4 Å². The van der Waals surface area contributed by atoms with E-state index in [1.54, 1.807) is 29.6 Å². The van der Waals surface area contributed by atoms with Crippen molar-refractivity contribution in [1.82, 2.24) is 15.3 Å². The van der Waals surface area contributed by atoms with Gasteiger partial charge in [-0.1, -0.05) is 17.7 Å². The van der Waals surface area contributed by atoms with Crippen LogP contribution in [-0.4, -0.2) is 40.6 Å². The third-order valence-corrected chi connectivity index (χ3v) is 4.27. The number of anilines is 2. The lowest BCUT2D eigenvalue weighted by atomic mass is 10.3. The van der Waals surface area contributed by atoms with E-state index in [-0.39, 0.29) is 12.5 Å². The minimum atomic E-state index is -0.582. The number of aromatic nitrogens is 1. The van der Waals surface area contributed by atoms with Crippen LogP contribution in [0.1, 0.15) is 12.6 Å². The van der Waals surface area contributed by atoms with Crippen LogP contribution < -0.4 is 10.2 Å². The molecule has 2 aromatic rings. The highest BCUT2D eigenvalue weighted by Gasteiger charge is 2.26. The zero-order chi connectivity index (χ0) is 18.0. The van der Waals surface area contributed by atoms with Gasteiger partial charge in [-0.05, 0) is 18.2 Å². The zero-order valence-electron chi connectivity index (χ0n) is 13.0. The van der Waals surface area contributed by atoms with Crippen molar-refractivity contribution in [3.63, 3.8) is 0 Å². The van der Waals surface area contributed by atoms with E-state index in [0.717, 1.165) is 5.01 Å². The number of carbonyl (C=O) groups excluding carboxylic acids is 3. The molecule has 1 N–H and O–H groups in total. The standard InChI is InChI=1S/C15H12ClN5O3S/c1-9(22)21(12-4-2-3-10(16)5-12)15-18-11(8-25-15)6-17-20-7-13(23)19-14(20)24/h2-6,8H,7H2,1H3,(H,19,23,24)/b17-6-. The fraction of sp³-hybridized carbons (Fsp3) is 0.133. The third-order valence-electron chi connectivity index (χ3n) is 3.19. The van der Waals surface area contributed by atoms with Crippen molar-refractivity contribution in [3.8, 4) is 0 Å². The first-order valence-corrected chi connectivity index (χ1v) is 8.37. The average Bonchev–Trinajstić information content (AvgIpc) is 3.11. The number of rotatable bonds is 4. The molecule has 8 nitrogen and oxygen atoms in total. The van der Waals surface area contributed by atoms with Crippen molar-refractivity contribution in [1.29, 1.82) is 0 Å². The number of carbonyl (C=O) groups is 3. The maximum absolute atomic E-state index is 12.0. The van der Waals surface area contributed by atoms with Crippen LogP contribution in [-0.2, 0) is 9.59 Å². The summed E-state index contributed by atoms with van der Waals surface area (Å²) in [5.74, 6) is -0.630. The van der Waals surface area contributed by atoms with E-state index in [1.165, 1.54) is 29.4 Å². The van der Waals surface area contributed by atoms with Gasteiger partial charge >= 0.3 is 6.03 Å². The van der Waals surface area contributed by atoms with Crippen LogP contribution in [0.2, 0.25) is 5.02 Å². The number of imide groups is 1. The fourth-order valence-corrected chi connectivity index (χ4v) is 3.16. The summed E-state index contributed by atoms with van der Waals surface area (Å²) in [7, 11) is 0. The van der Waals surface area contributed by atoms with E-state index >= 15 is 0 Å². The number of hydrogen-bond donors (Lipinski definition) is 1. The number of amides is 4. The molecule has 2 heterocycles. The van der Waals surface area contributed by atoms with Gasteiger partial charge in [0.25, 0.3) is 0 Å². The number of thiazole rings is 1. The summed E-state index contributed by atoms with van der Waals surface area (Å²) in [6, 6.07) is 6.29. The highest BCUT2D eigenvalue weighted by Crippen LogP contribution is 2.30. The predicted molar refractivity (Wildman–Crippen MR) is 94.2 cm³/mol. The van der Waals surface area contributed by atoms with E-state index in [1.807, 2.05) is 0 Å². The third kappa shape index (κ3) is 3.83. The van der Waals surface area contributed by atoms with Gasteiger partial charge in [-0.2, -0.15) is 5.10 Å². The first kappa shape index (κ1) is 17.1. The molecule has 1 aromatic carbocycles. The van der Waals surface area contributed by atoms with E-state index < -0.39 is 11.9 Å². The summed E-state index contributed by atoms with van der Waals surface area (Å²) in [6.07, 6.45) is 1.36. The first-order valence-electron chi connectivity index (χ1n) is 7.11. The number of nitrogens with one attached hydrogen (secondary N) is 1. The monoisotopic (exact) mass is 377 g/mol. The van der Waals surface area contributed by atoms with Gasteiger partial charge in [0.1, 0.15) is 6.54 Å². The summed E-state index contributed by atoms with van der Waals surface area (Å²) >= 11 is 7.23. The quantitative estimate of drug-likeness (QED) is 0.653. The van der Waals surface area contributed by atoms with Gasteiger partial charge in [0.15, 0.2) is 5.13 Å². The Hall–Kier alpha value is -2.78. The Morgan fingerprint density at radius 3 is 2.92 bits per heavy atom. The summed E-state index contributed by atoms with van der Waals surface area (Å²) < 4.78 is 0. The van der Waals surface area contributed by atoms with Crippen molar-refractivity contribution < 1.29 is 14.4 Å². The second-order valence-corrected chi connectivity index (χ2v) is 6.32. The van der Waals surface area contributed by atoms with Crippen molar-refractivity contribution in [2.24, 2.45) is 5.10 Å². The van der Waals surface area contributed by atoms with Crippen molar-refractivity contribution >= 4 is 57.8 Å². The number of hydrazone groups is 1. The average molecular weight is 378 g/mol. The van der Waals surface area contributed by atoms with Crippen LogP contribution in [0.25, 0.3) is 0 Å². The molecule has 3 rings (SSSR count). The summed E-state index contributed by atoms with van der Waals surface area (Å²) in [5.41, 5.74) is 1.06. The van der Waals surface area contributed by atoms with Crippen LogP contribution in [0.3, 0.4) is 0 Å². The molecular weight excluding hydrogens is 366 g/mol. The molecule has 1 saturated heterocycles. The number of benzene rings is 1. The number of nitrogens with zero attached hydrogens (tertiary/aromatic N) is 4. The molecule has 0 spiro atoms. The highest BCUT2D eigenvalue weighted by atomic mass is 35.5. The lowest BCUT2D eigenvalue weighted by Crippen LogP contribution is -2.24. The Labute approximate surface area is 151 Å². The highest BCUT2D eigenvalue weighted by molar-refractivity contribution is 7.14. The smallest absolute Gasteiger partial charge is 0.275 e. The van der Waals surface area contributed by atoms with Gasteiger partial charge in [0, 0.05) is 17.3 Å². The van der Waals surface area contributed by atoms with Gasteiger partial charge in [-0.15, -0.1) is 11.3 Å². The van der Waals surface area contributed by atoms with Crippen molar-refractivity contribution in [2.45, 2.75) is 6.92 Å². The molecule has 0 unspecified atom stereocenters. The minimum Gasteiger partial charge on any atom is -0.275 e. The fourth-order valence-electron chi connectivity index (χ4n) is 2.13. The molecule has 0 saturated carbocycles. The summed E-state index contributed by atoms with van der Waals surface area (Å²) in [6.45, 7) is 1.30. The van der Waals surface area contributed by atoms with Crippen LogP contribution in [0.5, 0.6) is 0 Å². The predicted octanol–water partition coefficient (Wildman–Crippen LogP) is 2.37. The molecule has 1 fully saturated rings. The second kappa shape index (κ2) is 6.99. The molecular formula is C15H12ClN5O3S.